The number of hydrogen-bond donors (Lipinski definition) is 1. The first-order valence-electron chi connectivity index (χ1n) is 6.33. The summed E-state index contributed by atoms with van der Waals surface area (Å²) in [6.45, 7) is 6.33. The number of nitriles is 1. The smallest absolute Gasteiger partial charge is 0.127 e. The first-order valence-corrected chi connectivity index (χ1v) is 7.13. The third-order valence-electron chi connectivity index (χ3n) is 2.98. The van der Waals surface area contributed by atoms with E-state index in [1.807, 2.05) is 32.9 Å². The summed E-state index contributed by atoms with van der Waals surface area (Å²) in [5.41, 5.74) is 1.47. The number of benzene rings is 1. The lowest BCUT2D eigenvalue weighted by Gasteiger charge is -2.17. The summed E-state index contributed by atoms with van der Waals surface area (Å²) >= 11 is 3.40. The lowest BCUT2D eigenvalue weighted by molar-refractivity contribution is 0.253. The molecule has 0 saturated carbocycles. The van der Waals surface area contributed by atoms with Crippen LogP contribution in [0.15, 0.2) is 16.6 Å². The number of aryl methyl sites for hydroxylation is 1. The molecule has 0 aromatic heterocycles. The molecule has 0 heterocycles. The third kappa shape index (κ3) is 4.85. The Labute approximate surface area is 123 Å². The van der Waals surface area contributed by atoms with Crippen LogP contribution in [-0.2, 0) is 6.61 Å². The molecule has 19 heavy (non-hydrogen) atoms. The fourth-order valence-electron chi connectivity index (χ4n) is 1.87. The lowest BCUT2D eigenvalue weighted by atomic mass is 9.90. The van der Waals surface area contributed by atoms with Crippen LogP contribution < -0.4 is 4.74 Å². The normalized spacial score (nSPS) is 11.2. The lowest BCUT2D eigenvalue weighted by Crippen LogP contribution is -2.10. The fraction of sp³-hybridized carbons (Fsp3) is 0.533. The first-order chi connectivity index (χ1) is 8.89. The van der Waals surface area contributed by atoms with Gasteiger partial charge in [-0.25, -0.2) is 0 Å². The van der Waals surface area contributed by atoms with Gasteiger partial charge in [0.1, 0.15) is 5.75 Å². The van der Waals surface area contributed by atoms with E-state index in [4.69, 9.17) is 10.00 Å². The van der Waals surface area contributed by atoms with Crippen LogP contribution in [0.25, 0.3) is 0 Å². The van der Waals surface area contributed by atoms with Crippen LogP contribution in [0, 0.1) is 23.7 Å². The first kappa shape index (κ1) is 16.0. The average Bonchev–Trinajstić information content (AvgIpc) is 2.35. The van der Waals surface area contributed by atoms with Crippen LogP contribution in [0.3, 0.4) is 0 Å². The molecule has 0 atom stereocenters. The van der Waals surface area contributed by atoms with E-state index >= 15 is 0 Å². The summed E-state index contributed by atoms with van der Waals surface area (Å²) in [6.07, 6.45) is 1.62. The molecule has 0 radical (unpaired) electrons. The van der Waals surface area contributed by atoms with Crippen molar-refractivity contribution in [2.45, 2.75) is 40.2 Å². The molecule has 0 saturated heterocycles. The van der Waals surface area contributed by atoms with Gasteiger partial charge >= 0.3 is 0 Å². The summed E-state index contributed by atoms with van der Waals surface area (Å²) in [4.78, 5) is 0. The highest BCUT2D eigenvalue weighted by Crippen LogP contribution is 2.29. The van der Waals surface area contributed by atoms with E-state index in [1.54, 1.807) is 0 Å². The number of ether oxygens (including phenoxy) is 1. The van der Waals surface area contributed by atoms with E-state index in [0.717, 1.165) is 34.2 Å². The summed E-state index contributed by atoms with van der Waals surface area (Å²) in [5, 5.41) is 18.3. The largest absolute Gasteiger partial charge is 0.493 e. The number of aliphatic hydroxyl groups excluding tert-OH is 1. The number of nitrogens with zero attached hydrogens (tertiary/aromatic N) is 1. The average molecular weight is 326 g/mol. The SMILES string of the molecule is Cc1cc(Br)cc(CO)c1OCCCC(C)(C)C#N. The van der Waals surface area contributed by atoms with Crippen LogP contribution >= 0.6 is 15.9 Å². The zero-order valence-corrected chi connectivity index (χ0v) is 13.2. The van der Waals surface area contributed by atoms with E-state index in [0.29, 0.717) is 6.61 Å². The Hall–Kier alpha value is -1.05. The Kier molecular flexibility index (Phi) is 5.84. The number of aliphatic hydroxyl groups is 1. The molecule has 0 bridgehead atoms. The van der Waals surface area contributed by atoms with Crippen molar-refractivity contribution >= 4 is 15.9 Å². The molecule has 0 amide bonds. The maximum absolute atomic E-state index is 9.35. The summed E-state index contributed by atoms with van der Waals surface area (Å²) in [6, 6.07) is 6.11. The molecule has 0 aliphatic rings. The molecule has 1 rings (SSSR count). The molecular weight excluding hydrogens is 306 g/mol. The second-order valence-corrected chi connectivity index (χ2v) is 6.23. The molecule has 0 fully saturated rings. The highest BCUT2D eigenvalue weighted by atomic mass is 79.9. The van der Waals surface area contributed by atoms with E-state index in [2.05, 4.69) is 22.0 Å². The van der Waals surface area contributed by atoms with Gasteiger partial charge in [0.25, 0.3) is 0 Å². The molecule has 4 heteroatoms. The van der Waals surface area contributed by atoms with E-state index in [-0.39, 0.29) is 12.0 Å². The fourth-order valence-corrected chi connectivity index (χ4v) is 2.49. The highest BCUT2D eigenvalue weighted by Gasteiger charge is 2.16. The zero-order valence-electron chi connectivity index (χ0n) is 11.7. The molecule has 3 nitrogen and oxygen atoms in total. The molecule has 1 aromatic rings. The predicted molar refractivity (Wildman–Crippen MR) is 78.9 cm³/mol. The minimum atomic E-state index is -0.308. The second kappa shape index (κ2) is 6.93. The molecule has 1 N–H and O–H groups in total. The van der Waals surface area contributed by atoms with Crippen molar-refractivity contribution in [2.24, 2.45) is 5.41 Å². The minimum absolute atomic E-state index is 0.0424. The minimum Gasteiger partial charge on any atom is -0.493 e. The van der Waals surface area contributed by atoms with Gasteiger partial charge in [0.15, 0.2) is 0 Å². The predicted octanol–water partition coefficient (Wildman–Crippen LogP) is 3.96. The number of rotatable bonds is 6. The molecule has 104 valence electrons. The molecular formula is C15H20BrNO2. The summed E-state index contributed by atoms with van der Waals surface area (Å²) < 4.78 is 6.70. The van der Waals surface area contributed by atoms with Crippen LogP contribution in [0.5, 0.6) is 5.75 Å². The summed E-state index contributed by atoms with van der Waals surface area (Å²) in [5.74, 6) is 0.750. The van der Waals surface area contributed by atoms with Crippen molar-refractivity contribution in [3.8, 4) is 11.8 Å². The van der Waals surface area contributed by atoms with Gasteiger partial charge in [-0.2, -0.15) is 5.26 Å². The Morgan fingerprint density at radius 2 is 2.11 bits per heavy atom. The topological polar surface area (TPSA) is 53.2 Å². The monoisotopic (exact) mass is 325 g/mol. The molecule has 0 spiro atoms. The van der Waals surface area contributed by atoms with E-state index in [9.17, 15) is 5.11 Å². The summed E-state index contributed by atoms with van der Waals surface area (Å²) in [7, 11) is 0. The van der Waals surface area contributed by atoms with Gasteiger partial charge in [0.05, 0.1) is 24.7 Å². The van der Waals surface area contributed by atoms with Crippen molar-refractivity contribution in [3.05, 3.63) is 27.7 Å². The standard InChI is InChI=1S/C15H20BrNO2/c1-11-7-13(16)8-12(9-18)14(11)19-6-4-5-15(2,3)10-17/h7-8,18H,4-6,9H2,1-3H3. The quantitative estimate of drug-likeness (QED) is 0.805. The Balaban J connectivity index is 2.62. The van der Waals surface area contributed by atoms with Crippen molar-refractivity contribution in [3.63, 3.8) is 0 Å². The van der Waals surface area contributed by atoms with Crippen LogP contribution in [-0.4, -0.2) is 11.7 Å². The van der Waals surface area contributed by atoms with E-state index in [1.165, 1.54) is 0 Å². The Morgan fingerprint density at radius 3 is 2.68 bits per heavy atom. The van der Waals surface area contributed by atoms with Crippen LogP contribution in [0.2, 0.25) is 0 Å². The maximum atomic E-state index is 9.35. The zero-order chi connectivity index (χ0) is 14.5. The molecule has 0 aliphatic carbocycles. The molecule has 0 aliphatic heterocycles. The number of halogens is 1. The Morgan fingerprint density at radius 1 is 1.42 bits per heavy atom. The van der Waals surface area contributed by atoms with Gasteiger partial charge in [-0.3, -0.25) is 0 Å². The van der Waals surface area contributed by atoms with Crippen molar-refractivity contribution in [1.82, 2.24) is 0 Å². The van der Waals surface area contributed by atoms with Crippen LogP contribution in [0.4, 0.5) is 0 Å². The number of hydrogen-bond acceptors (Lipinski definition) is 3. The van der Waals surface area contributed by atoms with E-state index < -0.39 is 0 Å². The van der Waals surface area contributed by atoms with Crippen molar-refractivity contribution in [1.29, 1.82) is 5.26 Å². The highest BCUT2D eigenvalue weighted by molar-refractivity contribution is 9.10. The third-order valence-corrected chi connectivity index (χ3v) is 3.44. The Bertz CT molecular complexity index is 478. The van der Waals surface area contributed by atoms with Gasteiger partial charge < -0.3 is 9.84 Å². The van der Waals surface area contributed by atoms with Crippen molar-refractivity contribution in [2.75, 3.05) is 6.61 Å². The van der Waals surface area contributed by atoms with Gasteiger partial charge in [0.2, 0.25) is 0 Å². The van der Waals surface area contributed by atoms with Gasteiger partial charge in [-0.05, 0) is 51.3 Å². The second-order valence-electron chi connectivity index (χ2n) is 5.32. The maximum Gasteiger partial charge on any atom is 0.127 e. The van der Waals surface area contributed by atoms with Crippen LogP contribution in [0.1, 0.15) is 37.8 Å². The van der Waals surface area contributed by atoms with Gasteiger partial charge in [-0.1, -0.05) is 15.9 Å². The van der Waals surface area contributed by atoms with Crippen molar-refractivity contribution < 1.29 is 9.84 Å². The molecule has 1 aromatic carbocycles. The van der Waals surface area contributed by atoms with Gasteiger partial charge in [-0.15, -0.1) is 0 Å². The van der Waals surface area contributed by atoms with Gasteiger partial charge in [0, 0.05) is 10.0 Å². The molecule has 0 unspecified atom stereocenters.